The number of carbonyl (C=O) groups is 2. The van der Waals surface area contributed by atoms with Crippen LogP contribution in [0.25, 0.3) is 0 Å². The van der Waals surface area contributed by atoms with E-state index < -0.39 is 17.5 Å². The summed E-state index contributed by atoms with van der Waals surface area (Å²) in [4.78, 5) is 23.2. The molecule has 1 aromatic carbocycles. The molecule has 1 aromatic rings. The van der Waals surface area contributed by atoms with Crippen LogP contribution in [-0.2, 0) is 10.3 Å². The summed E-state index contributed by atoms with van der Waals surface area (Å²) in [6, 6.07) is 8.15. The normalized spacial score (nSPS) is 13.7. The van der Waals surface area contributed by atoms with Crippen molar-refractivity contribution in [3.05, 3.63) is 35.9 Å². The number of hydrogen-bond donors (Lipinski definition) is 3. The Hall–Kier alpha value is -2.04. The molecule has 0 aliphatic heterocycles. The summed E-state index contributed by atoms with van der Waals surface area (Å²) >= 11 is 0. The number of benzene rings is 1. The minimum absolute atomic E-state index is 0.304. The Balaban J connectivity index is 2.84. The smallest absolute Gasteiger partial charge is 0.333 e. The Morgan fingerprint density at radius 3 is 2.32 bits per heavy atom. The summed E-state index contributed by atoms with van der Waals surface area (Å²) in [6.07, 6.45) is 0. The van der Waals surface area contributed by atoms with Crippen LogP contribution in [0.1, 0.15) is 26.3 Å². The van der Waals surface area contributed by atoms with Crippen molar-refractivity contribution in [2.75, 3.05) is 6.54 Å². The largest absolute Gasteiger partial charge is 0.479 e. The number of rotatable bonds is 5. The fourth-order valence-corrected chi connectivity index (χ4v) is 1.59. The number of urea groups is 1. The zero-order valence-corrected chi connectivity index (χ0v) is 11.4. The molecule has 5 nitrogen and oxygen atoms in total. The van der Waals surface area contributed by atoms with Crippen molar-refractivity contribution in [3.8, 4) is 0 Å². The first-order valence-corrected chi connectivity index (χ1v) is 6.21. The van der Waals surface area contributed by atoms with Crippen LogP contribution >= 0.6 is 0 Å². The predicted octanol–water partition coefficient (Wildman–Crippen LogP) is 1.94. The van der Waals surface area contributed by atoms with E-state index in [9.17, 15) is 14.7 Å². The van der Waals surface area contributed by atoms with Gasteiger partial charge in [0.25, 0.3) is 0 Å². The van der Waals surface area contributed by atoms with Crippen LogP contribution in [0.15, 0.2) is 30.3 Å². The second kappa shape index (κ2) is 6.22. The van der Waals surface area contributed by atoms with Crippen molar-refractivity contribution in [3.63, 3.8) is 0 Å². The average Bonchev–Trinajstić information content (AvgIpc) is 2.37. The molecule has 3 N–H and O–H groups in total. The summed E-state index contributed by atoms with van der Waals surface area (Å²) in [7, 11) is 0. The summed E-state index contributed by atoms with van der Waals surface area (Å²) in [6.45, 7) is 5.90. The summed E-state index contributed by atoms with van der Waals surface area (Å²) in [5.74, 6) is -0.794. The monoisotopic (exact) mass is 264 g/mol. The maximum absolute atomic E-state index is 11.8. The van der Waals surface area contributed by atoms with E-state index in [2.05, 4.69) is 10.6 Å². The van der Waals surface area contributed by atoms with Gasteiger partial charge in [-0.05, 0) is 18.4 Å². The SMILES string of the molecule is CC(C)CNC(=O)NC(C)(C(=O)O)c1ccccc1. The lowest BCUT2D eigenvalue weighted by atomic mass is 9.92. The molecule has 104 valence electrons. The lowest BCUT2D eigenvalue weighted by Crippen LogP contribution is -2.53. The molecule has 0 heterocycles. The Morgan fingerprint density at radius 1 is 1.26 bits per heavy atom. The topological polar surface area (TPSA) is 78.4 Å². The second-order valence-corrected chi connectivity index (χ2v) is 5.03. The minimum Gasteiger partial charge on any atom is -0.479 e. The molecular weight excluding hydrogens is 244 g/mol. The number of amides is 2. The Morgan fingerprint density at radius 2 is 1.84 bits per heavy atom. The first-order valence-electron chi connectivity index (χ1n) is 6.21. The standard InChI is InChI=1S/C14H20N2O3/c1-10(2)9-15-13(19)16-14(3,12(17)18)11-7-5-4-6-8-11/h4-8,10H,9H2,1-3H3,(H,17,18)(H2,15,16,19). The van der Waals surface area contributed by atoms with Crippen LogP contribution in [0.3, 0.4) is 0 Å². The van der Waals surface area contributed by atoms with Gasteiger partial charge in [-0.2, -0.15) is 0 Å². The van der Waals surface area contributed by atoms with Crippen molar-refractivity contribution in [2.24, 2.45) is 5.92 Å². The average molecular weight is 264 g/mol. The van der Waals surface area contributed by atoms with E-state index in [1.54, 1.807) is 30.3 Å². The molecule has 0 radical (unpaired) electrons. The zero-order chi connectivity index (χ0) is 14.5. The number of nitrogens with one attached hydrogen (secondary N) is 2. The molecule has 0 aliphatic rings. The number of carboxylic acid groups (broad SMARTS) is 1. The van der Waals surface area contributed by atoms with Crippen molar-refractivity contribution >= 4 is 12.0 Å². The minimum atomic E-state index is -1.44. The third kappa shape index (κ3) is 3.98. The van der Waals surface area contributed by atoms with Crippen molar-refractivity contribution in [1.82, 2.24) is 10.6 Å². The van der Waals surface area contributed by atoms with Crippen LogP contribution in [0.5, 0.6) is 0 Å². The van der Waals surface area contributed by atoms with E-state index >= 15 is 0 Å². The maximum atomic E-state index is 11.8. The van der Waals surface area contributed by atoms with Crippen LogP contribution in [-0.4, -0.2) is 23.7 Å². The van der Waals surface area contributed by atoms with Gasteiger partial charge in [-0.3, -0.25) is 0 Å². The van der Waals surface area contributed by atoms with Gasteiger partial charge in [0, 0.05) is 6.54 Å². The van der Waals surface area contributed by atoms with E-state index in [0.29, 0.717) is 18.0 Å². The third-order valence-electron chi connectivity index (χ3n) is 2.81. The Labute approximate surface area is 113 Å². The quantitative estimate of drug-likeness (QED) is 0.760. The zero-order valence-electron chi connectivity index (χ0n) is 11.4. The molecular formula is C14H20N2O3. The summed E-state index contributed by atoms with van der Waals surface area (Å²) in [5, 5.41) is 14.5. The first-order chi connectivity index (χ1) is 8.86. The van der Waals surface area contributed by atoms with E-state index in [4.69, 9.17) is 0 Å². The number of carboxylic acids is 1. The predicted molar refractivity (Wildman–Crippen MR) is 72.8 cm³/mol. The fourth-order valence-electron chi connectivity index (χ4n) is 1.59. The van der Waals surface area contributed by atoms with E-state index in [1.165, 1.54) is 6.92 Å². The third-order valence-corrected chi connectivity index (χ3v) is 2.81. The molecule has 0 saturated heterocycles. The molecule has 19 heavy (non-hydrogen) atoms. The van der Waals surface area contributed by atoms with Gasteiger partial charge in [-0.15, -0.1) is 0 Å². The molecule has 0 aromatic heterocycles. The Kier molecular flexibility index (Phi) is 4.92. The highest BCUT2D eigenvalue weighted by molar-refractivity contribution is 5.87. The van der Waals surface area contributed by atoms with E-state index in [-0.39, 0.29) is 0 Å². The molecule has 1 atom stereocenters. The summed E-state index contributed by atoms with van der Waals surface area (Å²) < 4.78 is 0. The number of hydrogen-bond acceptors (Lipinski definition) is 2. The number of aliphatic carboxylic acids is 1. The van der Waals surface area contributed by atoms with Gasteiger partial charge >= 0.3 is 12.0 Å². The second-order valence-electron chi connectivity index (χ2n) is 5.03. The van der Waals surface area contributed by atoms with Gasteiger partial charge in [-0.25, -0.2) is 9.59 Å². The van der Waals surface area contributed by atoms with Crippen molar-refractivity contribution in [1.29, 1.82) is 0 Å². The van der Waals surface area contributed by atoms with Crippen LogP contribution < -0.4 is 10.6 Å². The molecule has 0 saturated carbocycles. The van der Waals surface area contributed by atoms with Gasteiger partial charge < -0.3 is 15.7 Å². The number of carbonyl (C=O) groups excluding carboxylic acids is 1. The molecule has 1 unspecified atom stereocenters. The summed E-state index contributed by atoms with van der Waals surface area (Å²) in [5.41, 5.74) is -0.912. The molecule has 0 aliphatic carbocycles. The van der Waals surface area contributed by atoms with E-state index in [0.717, 1.165) is 0 Å². The highest BCUT2D eigenvalue weighted by Crippen LogP contribution is 2.20. The highest BCUT2D eigenvalue weighted by atomic mass is 16.4. The van der Waals surface area contributed by atoms with E-state index in [1.807, 2.05) is 13.8 Å². The molecule has 0 bridgehead atoms. The van der Waals surface area contributed by atoms with Crippen LogP contribution in [0.2, 0.25) is 0 Å². The van der Waals surface area contributed by atoms with Crippen LogP contribution in [0.4, 0.5) is 4.79 Å². The molecule has 0 fully saturated rings. The first kappa shape index (κ1) is 15.0. The molecule has 5 heteroatoms. The van der Waals surface area contributed by atoms with Gasteiger partial charge in [0.05, 0.1) is 0 Å². The fraction of sp³-hybridized carbons (Fsp3) is 0.429. The lowest BCUT2D eigenvalue weighted by molar-refractivity contribution is -0.144. The van der Waals surface area contributed by atoms with Crippen molar-refractivity contribution in [2.45, 2.75) is 26.3 Å². The molecule has 2 amide bonds. The molecule has 1 rings (SSSR count). The lowest BCUT2D eigenvalue weighted by Gasteiger charge is -2.27. The van der Waals surface area contributed by atoms with Gasteiger partial charge in [0.2, 0.25) is 0 Å². The van der Waals surface area contributed by atoms with Gasteiger partial charge in [0.15, 0.2) is 5.54 Å². The van der Waals surface area contributed by atoms with Crippen molar-refractivity contribution < 1.29 is 14.7 Å². The van der Waals surface area contributed by atoms with Gasteiger partial charge in [0.1, 0.15) is 0 Å². The van der Waals surface area contributed by atoms with Gasteiger partial charge in [-0.1, -0.05) is 44.2 Å². The van der Waals surface area contributed by atoms with Crippen LogP contribution in [0, 0.1) is 5.92 Å². The Bertz CT molecular complexity index is 445. The highest BCUT2D eigenvalue weighted by Gasteiger charge is 2.36. The molecule has 0 spiro atoms. The maximum Gasteiger partial charge on any atom is 0.333 e.